The van der Waals surface area contributed by atoms with Crippen LogP contribution in [0.1, 0.15) is 25.3 Å². The summed E-state index contributed by atoms with van der Waals surface area (Å²) in [7, 11) is 0. The number of hydrogen-bond acceptors (Lipinski definition) is 2. The van der Waals surface area contributed by atoms with Gasteiger partial charge in [-0.1, -0.05) is 6.07 Å². The maximum Gasteiger partial charge on any atom is 0.224 e. The minimum absolute atomic E-state index is 0.118. The predicted octanol–water partition coefficient (Wildman–Crippen LogP) is 2.34. The van der Waals surface area contributed by atoms with E-state index in [9.17, 15) is 13.6 Å². The standard InChI is InChI=1S/C12H16F2N2O/c1-7-3-5-9(13)12(11(7)14)16-10(17)6-4-8(2)15/h3,5,8H,4,6,15H2,1-2H3,(H,16,17). The van der Waals surface area contributed by atoms with Crippen LogP contribution in [0.3, 0.4) is 0 Å². The van der Waals surface area contributed by atoms with Crippen molar-refractivity contribution in [2.75, 3.05) is 5.32 Å². The number of amides is 1. The fourth-order valence-corrected chi connectivity index (χ4v) is 1.33. The lowest BCUT2D eigenvalue weighted by atomic mass is 10.1. The molecule has 17 heavy (non-hydrogen) atoms. The van der Waals surface area contributed by atoms with Crippen LogP contribution < -0.4 is 11.1 Å². The first-order valence-electron chi connectivity index (χ1n) is 5.42. The van der Waals surface area contributed by atoms with Crippen LogP contribution in [-0.4, -0.2) is 11.9 Å². The lowest BCUT2D eigenvalue weighted by Crippen LogP contribution is -2.20. The van der Waals surface area contributed by atoms with E-state index in [1.54, 1.807) is 6.92 Å². The van der Waals surface area contributed by atoms with Crippen LogP contribution >= 0.6 is 0 Å². The average molecular weight is 242 g/mol. The van der Waals surface area contributed by atoms with Crippen LogP contribution in [0, 0.1) is 18.6 Å². The molecule has 0 saturated heterocycles. The van der Waals surface area contributed by atoms with Crippen LogP contribution in [0.25, 0.3) is 0 Å². The van der Waals surface area contributed by atoms with Gasteiger partial charge < -0.3 is 11.1 Å². The highest BCUT2D eigenvalue weighted by atomic mass is 19.1. The third-order valence-corrected chi connectivity index (χ3v) is 2.38. The molecule has 0 aliphatic heterocycles. The van der Waals surface area contributed by atoms with Gasteiger partial charge >= 0.3 is 0 Å². The van der Waals surface area contributed by atoms with E-state index < -0.39 is 17.5 Å². The Balaban J connectivity index is 2.74. The molecular weight excluding hydrogens is 226 g/mol. The molecule has 0 radical (unpaired) electrons. The Morgan fingerprint density at radius 2 is 2.12 bits per heavy atom. The van der Waals surface area contributed by atoms with Crippen molar-refractivity contribution in [1.29, 1.82) is 0 Å². The van der Waals surface area contributed by atoms with Gasteiger partial charge in [0, 0.05) is 12.5 Å². The normalized spacial score (nSPS) is 12.3. The summed E-state index contributed by atoms with van der Waals surface area (Å²) in [5.74, 6) is -1.95. The van der Waals surface area contributed by atoms with Gasteiger partial charge in [0.05, 0.1) is 0 Å². The Morgan fingerprint density at radius 1 is 1.47 bits per heavy atom. The monoisotopic (exact) mass is 242 g/mol. The largest absolute Gasteiger partial charge is 0.328 e. The second-order valence-electron chi connectivity index (χ2n) is 4.12. The molecule has 3 nitrogen and oxygen atoms in total. The molecule has 1 amide bonds. The molecule has 0 spiro atoms. The minimum Gasteiger partial charge on any atom is -0.328 e. The zero-order chi connectivity index (χ0) is 13.0. The van der Waals surface area contributed by atoms with Crippen molar-refractivity contribution in [3.63, 3.8) is 0 Å². The number of halogens is 2. The van der Waals surface area contributed by atoms with Gasteiger partial charge in [0.15, 0.2) is 5.82 Å². The molecule has 1 unspecified atom stereocenters. The molecule has 94 valence electrons. The number of nitrogens with two attached hydrogens (primary N) is 1. The van der Waals surface area contributed by atoms with Gasteiger partial charge in [0.2, 0.25) is 5.91 Å². The van der Waals surface area contributed by atoms with Gasteiger partial charge in [-0.25, -0.2) is 8.78 Å². The van der Waals surface area contributed by atoms with E-state index in [-0.39, 0.29) is 23.7 Å². The summed E-state index contributed by atoms with van der Waals surface area (Å²) in [6.45, 7) is 3.27. The van der Waals surface area contributed by atoms with Crippen LogP contribution in [-0.2, 0) is 4.79 Å². The highest BCUT2D eigenvalue weighted by molar-refractivity contribution is 5.91. The molecule has 0 saturated carbocycles. The van der Waals surface area contributed by atoms with E-state index in [4.69, 9.17) is 5.73 Å². The van der Waals surface area contributed by atoms with E-state index >= 15 is 0 Å². The van der Waals surface area contributed by atoms with E-state index in [1.807, 2.05) is 0 Å². The molecular formula is C12H16F2N2O. The maximum absolute atomic E-state index is 13.5. The van der Waals surface area contributed by atoms with E-state index in [0.29, 0.717) is 6.42 Å². The van der Waals surface area contributed by atoms with Crippen LogP contribution in [0.15, 0.2) is 12.1 Å². The lowest BCUT2D eigenvalue weighted by molar-refractivity contribution is -0.116. The minimum atomic E-state index is -0.776. The summed E-state index contributed by atoms with van der Waals surface area (Å²) in [4.78, 5) is 11.4. The van der Waals surface area contributed by atoms with Crippen molar-refractivity contribution < 1.29 is 13.6 Å². The van der Waals surface area contributed by atoms with Gasteiger partial charge in [-0.15, -0.1) is 0 Å². The summed E-state index contributed by atoms with van der Waals surface area (Å²) in [6, 6.07) is 2.33. The van der Waals surface area contributed by atoms with Crippen LogP contribution in [0.2, 0.25) is 0 Å². The third-order valence-electron chi connectivity index (χ3n) is 2.38. The number of nitrogens with one attached hydrogen (secondary N) is 1. The highest BCUT2D eigenvalue weighted by Gasteiger charge is 2.14. The first kappa shape index (κ1) is 13.6. The molecule has 0 heterocycles. The zero-order valence-corrected chi connectivity index (χ0v) is 9.89. The van der Waals surface area contributed by atoms with Gasteiger partial charge in [0.25, 0.3) is 0 Å². The van der Waals surface area contributed by atoms with E-state index in [1.165, 1.54) is 13.0 Å². The molecule has 1 atom stereocenters. The van der Waals surface area contributed by atoms with Crippen molar-refractivity contribution in [3.8, 4) is 0 Å². The molecule has 1 aromatic carbocycles. The summed E-state index contributed by atoms with van der Waals surface area (Å²) >= 11 is 0. The number of anilines is 1. The molecule has 0 aliphatic carbocycles. The zero-order valence-electron chi connectivity index (χ0n) is 9.89. The molecule has 1 aromatic rings. The van der Waals surface area contributed by atoms with Gasteiger partial charge in [0.1, 0.15) is 11.5 Å². The quantitative estimate of drug-likeness (QED) is 0.851. The number of carbonyl (C=O) groups is 1. The molecule has 0 aliphatic rings. The molecule has 3 N–H and O–H groups in total. The second-order valence-corrected chi connectivity index (χ2v) is 4.12. The van der Waals surface area contributed by atoms with Gasteiger partial charge in [-0.05, 0) is 31.9 Å². The summed E-state index contributed by atoms with van der Waals surface area (Å²) < 4.78 is 26.9. The van der Waals surface area contributed by atoms with Gasteiger partial charge in [-0.3, -0.25) is 4.79 Å². The fourth-order valence-electron chi connectivity index (χ4n) is 1.33. The molecule has 5 heteroatoms. The molecule has 0 aromatic heterocycles. The Hall–Kier alpha value is -1.49. The van der Waals surface area contributed by atoms with Crippen molar-refractivity contribution in [1.82, 2.24) is 0 Å². The molecule has 0 fully saturated rings. The fraction of sp³-hybridized carbons (Fsp3) is 0.417. The number of carbonyl (C=O) groups excluding carboxylic acids is 1. The Morgan fingerprint density at radius 3 is 2.71 bits per heavy atom. The van der Waals surface area contributed by atoms with E-state index in [0.717, 1.165) is 6.07 Å². The Labute approximate surface area is 99.0 Å². The Kier molecular flexibility index (Phi) is 4.57. The summed E-state index contributed by atoms with van der Waals surface area (Å²) in [6.07, 6.45) is 0.616. The molecule has 0 bridgehead atoms. The predicted molar refractivity (Wildman–Crippen MR) is 62.6 cm³/mol. The number of hydrogen-bond donors (Lipinski definition) is 2. The van der Waals surface area contributed by atoms with E-state index in [2.05, 4.69) is 5.32 Å². The van der Waals surface area contributed by atoms with Crippen LogP contribution in [0.5, 0.6) is 0 Å². The van der Waals surface area contributed by atoms with Crippen molar-refractivity contribution in [3.05, 3.63) is 29.3 Å². The van der Waals surface area contributed by atoms with Crippen molar-refractivity contribution in [2.24, 2.45) is 5.73 Å². The number of rotatable bonds is 4. The second kappa shape index (κ2) is 5.72. The molecule has 1 rings (SSSR count). The average Bonchev–Trinajstić information content (AvgIpc) is 2.27. The van der Waals surface area contributed by atoms with Crippen LogP contribution in [0.4, 0.5) is 14.5 Å². The highest BCUT2D eigenvalue weighted by Crippen LogP contribution is 2.21. The third kappa shape index (κ3) is 3.78. The van der Waals surface area contributed by atoms with Gasteiger partial charge in [-0.2, -0.15) is 0 Å². The first-order chi connectivity index (χ1) is 7.91. The SMILES string of the molecule is Cc1ccc(F)c(NC(=O)CCC(C)N)c1F. The maximum atomic E-state index is 13.5. The lowest BCUT2D eigenvalue weighted by Gasteiger charge is -2.10. The Bertz CT molecular complexity index is 419. The summed E-state index contributed by atoms with van der Waals surface area (Å²) in [5, 5.41) is 2.23. The van der Waals surface area contributed by atoms with Crippen molar-refractivity contribution in [2.45, 2.75) is 32.7 Å². The number of aryl methyl sites for hydroxylation is 1. The first-order valence-corrected chi connectivity index (χ1v) is 5.42. The van der Waals surface area contributed by atoms with Crippen molar-refractivity contribution >= 4 is 11.6 Å². The number of benzene rings is 1. The smallest absolute Gasteiger partial charge is 0.224 e. The summed E-state index contributed by atoms with van der Waals surface area (Å²) in [5.41, 5.74) is 5.39. The topological polar surface area (TPSA) is 55.1 Å².